The first kappa shape index (κ1) is 25.9. The summed E-state index contributed by atoms with van der Waals surface area (Å²) in [6.45, 7) is 9.73. The minimum Gasteiger partial charge on any atom is -0.389 e. The molecule has 0 spiro atoms. The van der Waals surface area contributed by atoms with Gasteiger partial charge in [-0.1, -0.05) is 39.5 Å². The molecule has 156 valence electrons. The van der Waals surface area contributed by atoms with E-state index in [-0.39, 0.29) is 24.0 Å². The van der Waals surface area contributed by atoms with Crippen LogP contribution in [0.1, 0.15) is 59.3 Å². The minimum absolute atomic E-state index is 0. The van der Waals surface area contributed by atoms with Gasteiger partial charge in [0.05, 0.1) is 32.0 Å². The number of hydrogen-bond acceptors (Lipinski definition) is 4. The molecule has 26 heavy (non-hydrogen) atoms. The number of hydrogen-bond donors (Lipinski definition) is 3. The molecule has 1 unspecified atom stereocenters. The fraction of sp³-hybridized carbons (Fsp3) is 0.947. The first-order chi connectivity index (χ1) is 12.1. The van der Waals surface area contributed by atoms with Crippen molar-refractivity contribution < 1.29 is 14.6 Å². The van der Waals surface area contributed by atoms with E-state index in [1.54, 1.807) is 0 Å². The number of halogens is 1. The van der Waals surface area contributed by atoms with E-state index >= 15 is 0 Å². The third-order valence-corrected chi connectivity index (χ3v) is 4.12. The number of aliphatic imine (C=N–C) groups is 1. The highest BCUT2D eigenvalue weighted by molar-refractivity contribution is 14.0. The highest BCUT2D eigenvalue weighted by Gasteiger charge is 2.12. The Labute approximate surface area is 176 Å². The van der Waals surface area contributed by atoms with Gasteiger partial charge in [0, 0.05) is 19.7 Å². The molecule has 0 aromatic carbocycles. The van der Waals surface area contributed by atoms with Crippen LogP contribution in [0, 0.1) is 5.92 Å². The molecule has 1 atom stereocenters. The van der Waals surface area contributed by atoms with Crippen molar-refractivity contribution in [2.45, 2.75) is 71.5 Å². The van der Waals surface area contributed by atoms with Crippen LogP contribution >= 0.6 is 24.0 Å². The van der Waals surface area contributed by atoms with E-state index in [1.807, 2.05) is 6.92 Å². The molecule has 0 aromatic heterocycles. The van der Waals surface area contributed by atoms with Crippen molar-refractivity contribution in [2.24, 2.45) is 10.9 Å². The summed E-state index contributed by atoms with van der Waals surface area (Å²) in [5, 5.41) is 16.4. The van der Waals surface area contributed by atoms with Gasteiger partial charge in [0.2, 0.25) is 0 Å². The average Bonchev–Trinajstić information content (AvgIpc) is 2.85. The van der Waals surface area contributed by atoms with Crippen LogP contribution in [0.15, 0.2) is 4.99 Å². The third-order valence-electron chi connectivity index (χ3n) is 4.12. The summed E-state index contributed by atoms with van der Waals surface area (Å²) in [5.74, 6) is 1.19. The Morgan fingerprint density at radius 2 is 1.81 bits per heavy atom. The summed E-state index contributed by atoms with van der Waals surface area (Å²) in [6, 6.07) is 0. The summed E-state index contributed by atoms with van der Waals surface area (Å²) in [7, 11) is 0. The van der Waals surface area contributed by atoms with E-state index in [9.17, 15) is 5.11 Å². The van der Waals surface area contributed by atoms with Crippen LogP contribution < -0.4 is 10.6 Å². The van der Waals surface area contributed by atoms with Gasteiger partial charge in [0.1, 0.15) is 0 Å². The van der Waals surface area contributed by atoms with Gasteiger partial charge in [-0.15, -0.1) is 24.0 Å². The summed E-state index contributed by atoms with van der Waals surface area (Å²) in [4.78, 5) is 4.42. The molecule has 0 heterocycles. The topological polar surface area (TPSA) is 75.1 Å². The molecule has 0 bridgehead atoms. The van der Waals surface area contributed by atoms with Gasteiger partial charge in [-0.05, 0) is 25.7 Å². The molecule has 1 fully saturated rings. The molecule has 1 saturated carbocycles. The van der Waals surface area contributed by atoms with Crippen molar-refractivity contribution in [3.05, 3.63) is 0 Å². The molecular weight excluding hydrogens is 445 g/mol. The van der Waals surface area contributed by atoms with Crippen molar-refractivity contribution in [2.75, 3.05) is 39.5 Å². The predicted molar refractivity (Wildman–Crippen MR) is 119 cm³/mol. The van der Waals surface area contributed by atoms with Gasteiger partial charge in [-0.25, -0.2) is 0 Å². The van der Waals surface area contributed by atoms with E-state index in [2.05, 4.69) is 29.5 Å². The highest BCUT2D eigenvalue weighted by atomic mass is 127. The van der Waals surface area contributed by atoms with Gasteiger partial charge >= 0.3 is 0 Å². The van der Waals surface area contributed by atoms with Gasteiger partial charge in [-0.3, -0.25) is 4.99 Å². The molecule has 0 amide bonds. The Kier molecular flexibility index (Phi) is 16.9. The van der Waals surface area contributed by atoms with Gasteiger partial charge in [0.15, 0.2) is 5.96 Å². The van der Waals surface area contributed by atoms with Gasteiger partial charge in [-0.2, -0.15) is 0 Å². The summed E-state index contributed by atoms with van der Waals surface area (Å²) < 4.78 is 11.4. The second kappa shape index (κ2) is 17.0. The molecule has 1 aliphatic carbocycles. The molecule has 6 nitrogen and oxygen atoms in total. The van der Waals surface area contributed by atoms with Crippen molar-refractivity contribution >= 4 is 29.9 Å². The predicted octanol–water partition coefficient (Wildman–Crippen LogP) is 2.93. The number of rotatable bonds is 11. The third kappa shape index (κ3) is 14.0. The number of ether oxygens (including phenoxy) is 2. The SMILES string of the molecule is CCNC(=NCC(O)COCC(C)C)NCCOC1CCCCCC1.I. The number of guanidine groups is 1. The zero-order valence-corrected chi connectivity index (χ0v) is 19.2. The second-order valence-electron chi connectivity index (χ2n) is 7.22. The van der Waals surface area contributed by atoms with Crippen LogP contribution in [0.25, 0.3) is 0 Å². The van der Waals surface area contributed by atoms with E-state index in [0.29, 0.717) is 38.4 Å². The maximum absolute atomic E-state index is 9.94. The maximum atomic E-state index is 9.94. The Morgan fingerprint density at radius 3 is 2.42 bits per heavy atom. The molecular formula is C19H40IN3O3. The van der Waals surface area contributed by atoms with Crippen molar-refractivity contribution in [1.29, 1.82) is 0 Å². The zero-order valence-electron chi connectivity index (χ0n) is 16.8. The van der Waals surface area contributed by atoms with E-state index in [1.165, 1.54) is 38.5 Å². The molecule has 7 heteroatoms. The summed E-state index contributed by atoms with van der Waals surface area (Å²) in [6.07, 6.45) is 7.50. The molecule has 0 saturated heterocycles. The Hall–Kier alpha value is -0.120. The molecule has 3 N–H and O–H groups in total. The normalized spacial score (nSPS) is 17.5. The minimum atomic E-state index is -0.573. The lowest BCUT2D eigenvalue weighted by Gasteiger charge is -2.17. The molecule has 0 radical (unpaired) electrons. The second-order valence-corrected chi connectivity index (χ2v) is 7.22. The van der Waals surface area contributed by atoms with Crippen LogP contribution in [-0.2, 0) is 9.47 Å². The molecule has 0 aromatic rings. The quantitative estimate of drug-likeness (QED) is 0.138. The smallest absolute Gasteiger partial charge is 0.191 e. The van der Waals surface area contributed by atoms with Crippen molar-refractivity contribution in [1.82, 2.24) is 10.6 Å². The van der Waals surface area contributed by atoms with Crippen LogP contribution in [0.2, 0.25) is 0 Å². The van der Waals surface area contributed by atoms with Crippen LogP contribution in [0.5, 0.6) is 0 Å². The van der Waals surface area contributed by atoms with E-state index in [0.717, 1.165) is 19.0 Å². The Morgan fingerprint density at radius 1 is 1.12 bits per heavy atom. The highest BCUT2D eigenvalue weighted by Crippen LogP contribution is 2.19. The Balaban J connectivity index is 0.00000625. The lowest BCUT2D eigenvalue weighted by molar-refractivity contribution is 0.0301. The summed E-state index contributed by atoms with van der Waals surface area (Å²) in [5.41, 5.74) is 0. The first-order valence-corrected chi connectivity index (χ1v) is 10.0. The number of nitrogens with one attached hydrogen (secondary N) is 2. The van der Waals surface area contributed by atoms with Crippen LogP contribution in [0.4, 0.5) is 0 Å². The lowest BCUT2D eigenvalue weighted by Crippen LogP contribution is -2.40. The summed E-state index contributed by atoms with van der Waals surface area (Å²) >= 11 is 0. The molecule has 0 aliphatic heterocycles. The maximum Gasteiger partial charge on any atom is 0.191 e. The standard InChI is InChI=1S/C19H39N3O3.HI/c1-4-20-19(22-13-17(23)15-24-14-16(2)3)21-11-12-25-18-9-7-5-6-8-10-18;/h16-18,23H,4-15H2,1-3H3,(H2,20,21,22);1H. The van der Waals surface area contributed by atoms with Crippen LogP contribution in [0.3, 0.4) is 0 Å². The van der Waals surface area contributed by atoms with Crippen molar-refractivity contribution in [3.8, 4) is 0 Å². The lowest BCUT2D eigenvalue weighted by atomic mass is 10.1. The monoisotopic (exact) mass is 485 g/mol. The van der Waals surface area contributed by atoms with Crippen LogP contribution in [-0.4, -0.2) is 62.7 Å². The van der Waals surface area contributed by atoms with Crippen molar-refractivity contribution in [3.63, 3.8) is 0 Å². The number of aliphatic hydroxyl groups is 1. The number of aliphatic hydroxyl groups excluding tert-OH is 1. The average molecular weight is 485 g/mol. The zero-order chi connectivity index (χ0) is 18.3. The molecule has 1 aliphatic rings. The van der Waals surface area contributed by atoms with Gasteiger partial charge < -0.3 is 25.2 Å². The number of nitrogens with zero attached hydrogens (tertiary/aromatic N) is 1. The van der Waals surface area contributed by atoms with Gasteiger partial charge in [0.25, 0.3) is 0 Å². The fourth-order valence-corrected chi connectivity index (χ4v) is 2.83. The Bertz CT molecular complexity index is 349. The van der Waals surface area contributed by atoms with E-state index in [4.69, 9.17) is 9.47 Å². The molecule has 1 rings (SSSR count). The first-order valence-electron chi connectivity index (χ1n) is 10.0. The largest absolute Gasteiger partial charge is 0.389 e. The van der Waals surface area contributed by atoms with E-state index < -0.39 is 6.10 Å². The fourth-order valence-electron chi connectivity index (χ4n) is 2.83.